The molecule has 0 aliphatic heterocycles. The van der Waals surface area contributed by atoms with Crippen LogP contribution in [0.3, 0.4) is 0 Å². The minimum absolute atomic E-state index is 0.0150. The van der Waals surface area contributed by atoms with Crippen molar-refractivity contribution < 1.29 is 35.7 Å². The molecule has 0 aliphatic rings. The van der Waals surface area contributed by atoms with Gasteiger partial charge in [-0.3, -0.25) is 0 Å². The van der Waals surface area contributed by atoms with Crippen LogP contribution in [0.4, 0.5) is 0 Å². The topological polar surface area (TPSA) is 142 Å². The third-order valence-electron chi connectivity index (χ3n) is 8.30. The molecule has 0 heterocycles. The van der Waals surface area contributed by atoms with Gasteiger partial charge >= 0.3 is 0 Å². The van der Waals surface area contributed by atoms with Gasteiger partial charge in [0, 0.05) is 37.9 Å². The Balaban J connectivity index is 1.81. The summed E-state index contributed by atoms with van der Waals surface area (Å²) in [5.41, 5.74) is 0.677. The van der Waals surface area contributed by atoms with Gasteiger partial charge in [-0.1, -0.05) is 72.8 Å². The average Bonchev–Trinajstić information content (AvgIpc) is 3.00. The molecule has 0 spiro atoms. The Labute approximate surface area is 230 Å². The quantitative estimate of drug-likeness (QED) is 0.0491. The molecular formula is C34H20O7. The third kappa shape index (κ3) is 2.71. The molecule has 8 rings (SSSR count). The van der Waals surface area contributed by atoms with E-state index >= 15 is 0 Å². The second-order valence-electron chi connectivity index (χ2n) is 10.3. The van der Waals surface area contributed by atoms with Crippen molar-refractivity contribution in [3.8, 4) is 51.4 Å². The summed E-state index contributed by atoms with van der Waals surface area (Å²) in [5, 5.41) is 83.4. The molecule has 0 saturated heterocycles. The molecule has 0 atom stereocenters. The molecule has 0 aliphatic carbocycles. The minimum Gasteiger partial charge on any atom is -0.504 e. The second kappa shape index (κ2) is 7.64. The predicted octanol–water partition coefficient (Wildman–Crippen LogP) is 7.65. The van der Waals surface area contributed by atoms with Crippen molar-refractivity contribution in [3.05, 3.63) is 78.9 Å². The van der Waals surface area contributed by atoms with Crippen molar-refractivity contribution in [2.24, 2.45) is 0 Å². The molecule has 0 amide bonds. The van der Waals surface area contributed by atoms with Gasteiger partial charge in [0.25, 0.3) is 0 Å². The number of hydrogen-bond acceptors (Lipinski definition) is 7. The van der Waals surface area contributed by atoms with E-state index in [4.69, 9.17) is 0 Å². The summed E-state index contributed by atoms with van der Waals surface area (Å²) in [7, 11) is 0. The molecule has 0 saturated carbocycles. The van der Waals surface area contributed by atoms with E-state index in [-0.39, 0.29) is 27.1 Å². The fourth-order valence-electron chi connectivity index (χ4n) is 6.56. The van der Waals surface area contributed by atoms with E-state index < -0.39 is 40.2 Å². The maximum atomic E-state index is 11.5. The van der Waals surface area contributed by atoms with Gasteiger partial charge in [0.05, 0.1) is 0 Å². The first-order valence-corrected chi connectivity index (χ1v) is 12.9. The lowest BCUT2D eigenvalue weighted by atomic mass is 9.81. The van der Waals surface area contributed by atoms with Crippen LogP contribution in [0.2, 0.25) is 0 Å². The summed E-state index contributed by atoms with van der Waals surface area (Å²) >= 11 is 0. The molecule has 0 aromatic heterocycles. The van der Waals surface area contributed by atoms with Crippen LogP contribution in [0.1, 0.15) is 0 Å². The van der Waals surface area contributed by atoms with Crippen molar-refractivity contribution in [2.45, 2.75) is 0 Å². The molecule has 7 nitrogen and oxygen atoms in total. The Morgan fingerprint density at radius 2 is 0.829 bits per heavy atom. The van der Waals surface area contributed by atoms with Gasteiger partial charge in [-0.2, -0.15) is 0 Å². The van der Waals surface area contributed by atoms with E-state index in [0.717, 1.165) is 16.2 Å². The lowest BCUT2D eigenvalue weighted by Gasteiger charge is -2.23. The number of fused-ring (bicyclic) bond motifs is 5. The van der Waals surface area contributed by atoms with Crippen molar-refractivity contribution >= 4 is 64.6 Å². The van der Waals surface area contributed by atoms with E-state index in [2.05, 4.69) is 0 Å². The van der Waals surface area contributed by atoms with Crippen molar-refractivity contribution in [3.63, 3.8) is 0 Å². The van der Waals surface area contributed by atoms with E-state index in [1.54, 1.807) is 18.2 Å². The first-order valence-electron chi connectivity index (χ1n) is 12.9. The second-order valence-corrected chi connectivity index (χ2v) is 10.3. The minimum atomic E-state index is -0.930. The summed E-state index contributed by atoms with van der Waals surface area (Å²) in [6.45, 7) is 0. The number of aromatic hydroxyl groups is 7. The largest absolute Gasteiger partial charge is 0.504 e. The van der Waals surface area contributed by atoms with E-state index in [1.807, 2.05) is 60.7 Å². The van der Waals surface area contributed by atoms with Gasteiger partial charge < -0.3 is 35.7 Å². The first kappa shape index (κ1) is 23.1. The van der Waals surface area contributed by atoms with Crippen LogP contribution in [0.15, 0.2) is 78.9 Å². The molecule has 7 heteroatoms. The number of benzene rings is 8. The predicted molar refractivity (Wildman–Crippen MR) is 160 cm³/mol. The zero-order chi connectivity index (χ0) is 28.3. The van der Waals surface area contributed by atoms with Gasteiger partial charge in [-0.15, -0.1) is 0 Å². The van der Waals surface area contributed by atoms with Crippen LogP contribution in [-0.2, 0) is 0 Å². The lowest BCUT2D eigenvalue weighted by molar-refractivity contribution is 0.351. The Morgan fingerprint density at radius 1 is 0.317 bits per heavy atom. The SMILES string of the molecule is Oc1c(O)c(O)c2c(c1O)c(-c1ccc3ccccc3c1)c1c(O)c(O)c(O)c3c4cccc5cccc(c54)c2c13. The monoisotopic (exact) mass is 540 g/mol. The number of rotatable bonds is 1. The molecule has 7 N–H and O–H groups in total. The van der Waals surface area contributed by atoms with E-state index in [9.17, 15) is 35.7 Å². The number of phenols is 7. The van der Waals surface area contributed by atoms with Gasteiger partial charge in [-0.05, 0) is 43.9 Å². The Hall–Kier alpha value is -5.82. The standard InChI is InChI=1S/C34H20O7/c35-28-23-19-10-4-8-15-7-3-9-18(20(15)19)22-24(23)25(29(36)32(28)39)21(17-12-11-14-5-1-2-6-16(14)13-17)26-27(22)31(38)34(41)33(40)30(26)37/h1-13,35-41H. The highest BCUT2D eigenvalue weighted by Crippen LogP contribution is 2.61. The Kier molecular flexibility index (Phi) is 4.30. The summed E-state index contributed by atoms with van der Waals surface area (Å²) in [6, 6.07) is 24.0. The van der Waals surface area contributed by atoms with Gasteiger partial charge in [0.1, 0.15) is 0 Å². The zero-order valence-electron chi connectivity index (χ0n) is 21.1. The molecule has 0 fully saturated rings. The highest BCUT2D eigenvalue weighted by atomic mass is 16.3. The summed E-state index contributed by atoms with van der Waals surface area (Å²) < 4.78 is 0. The van der Waals surface area contributed by atoms with Crippen LogP contribution < -0.4 is 0 Å². The summed E-state index contributed by atoms with van der Waals surface area (Å²) in [6.07, 6.45) is 0. The number of phenolic OH excluding ortho intramolecular Hbond substituents is 7. The molecule has 41 heavy (non-hydrogen) atoms. The Morgan fingerprint density at radius 3 is 1.51 bits per heavy atom. The van der Waals surface area contributed by atoms with Gasteiger partial charge in [0.2, 0.25) is 17.2 Å². The van der Waals surface area contributed by atoms with Crippen LogP contribution in [-0.4, -0.2) is 35.7 Å². The van der Waals surface area contributed by atoms with Crippen LogP contribution in [0, 0.1) is 0 Å². The normalized spacial score (nSPS) is 12.1. The molecule has 8 aromatic carbocycles. The molecule has 0 bridgehead atoms. The average molecular weight is 541 g/mol. The van der Waals surface area contributed by atoms with Gasteiger partial charge in [-0.25, -0.2) is 0 Å². The summed E-state index contributed by atoms with van der Waals surface area (Å²) in [4.78, 5) is 0. The fraction of sp³-hybridized carbons (Fsp3) is 0. The van der Waals surface area contributed by atoms with E-state index in [0.29, 0.717) is 32.5 Å². The highest BCUT2D eigenvalue weighted by Gasteiger charge is 2.31. The van der Waals surface area contributed by atoms with Crippen LogP contribution in [0.25, 0.3) is 75.8 Å². The summed E-state index contributed by atoms with van der Waals surface area (Å²) in [5.74, 6) is -5.15. The molecule has 8 aromatic rings. The number of hydrogen-bond donors (Lipinski definition) is 7. The fourth-order valence-corrected chi connectivity index (χ4v) is 6.56. The maximum Gasteiger partial charge on any atom is 0.204 e. The highest BCUT2D eigenvalue weighted by molar-refractivity contribution is 6.43. The van der Waals surface area contributed by atoms with Crippen molar-refractivity contribution in [1.82, 2.24) is 0 Å². The molecule has 0 unspecified atom stereocenters. The maximum absolute atomic E-state index is 11.5. The van der Waals surface area contributed by atoms with Crippen molar-refractivity contribution in [2.75, 3.05) is 0 Å². The third-order valence-corrected chi connectivity index (χ3v) is 8.30. The van der Waals surface area contributed by atoms with Gasteiger partial charge in [0.15, 0.2) is 23.0 Å². The Bertz CT molecular complexity index is 2440. The smallest absolute Gasteiger partial charge is 0.204 e. The molecule has 0 radical (unpaired) electrons. The van der Waals surface area contributed by atoms with Crippen molar-refractivity contribution in [1.29, 1.82) is 0 Å². The van der Waals surface area contributed by atoms with Crippen LogP contribution >= 0.6 is 0 Å². The van der Waals surface area contributed by atoms with E-state index in [1.165, 1.54) is 0 Å². The molecular weight excluding hydrogens is 520 g/mol. The zero-order valence-corrected chi connectivity index (χ0v) is 21.1. The lowest BCUT2D eigenvalue weighted by Crippen LogP contribution is -1.95. The first-order chi connectivity index (χ1) is 19.8. The molecule has 198 valence electrons. The van der Waals surface area contributed by atoms with Crippen LogP contribution in [0.5, 0.6) is 40.2 Å².